The van der Waals surface area contributed by atoms with Crippen LogP contribution in [0.4, 0.5) is 10.5 Å². The Kier molecular flexibility index (Phi) is 3.86. The maximum atomic E-state index is 12.8. The topological polar surface area (TPSA) is 87.0 Å². The van der Waals surface area contributed by atoms with Crippen molar-refractivity contribution in [2.45, 2.75) is 31.7 Å². The van der Waals surface area contributed by atoms with Crippen molar-refractivity contribution < 1.29 is 14.4 Å². The molecule has 2 N–H and O–H groups in total. The first kappa shape index (κ1) is 15.9. The summed E-state index contributed by atoms with van der Waals surface area (Å²) in [6, 6.07) is 4.71. The van der Waals surface area contributed by atoms with Crippen molar-refractivity contribution in [3.63, 3.8) is 0 Å². The van der Waals surface area contributed by atoms with Gasteiger partial charge in [0.1, 0.15) is 0 Å². The van der Waals surface area contributed by atoms with Crippen LogP contribution in [0.15, 0.2) is 18.2 Å². The predicted molar refractivity (Wildman–Crippen MR) is 92.2 cm³/mol. The quantitative estimate of drug-likeness (QED) is 0.619. The van der Waals surface area contributed by atoms with Gasteiger partial charge in [0.15, 0.2) is 0 Å². The summed E-state index contributed by atoms with van der Waals surface area (Å²) in [6.45, 7) is 2.67. The van der Waals surface area contributed by atoms with E-state index in [-0.39, 0.29) is 23.9 Å². The fourth-order valence-corrected chi connectivity index (χ4v) is 4.11. The molecule has 0 radical (unpaired) electrons. The number of carbonyl (C=O) groups excluding carboxylic acids is 3. The molecule has 4 rings (SSSR count). The van der Waals surface area contributed by atoms with Gasteiger partial charge in [0, 0.05) is 31.9 Å². The maximum Gasteiger partial charge on any atom is 0.320 e. The number of likely N-dealkylation sites (tertiary alicyclic amines) is 2. The van der Waals surface area contributed by atoms with Crippen LogP contribution in [0.1, 0.15) is 46.4 Å². The van der Waals surface area contributed by atoms with E-state index in [1.807, 2.05) is 4.90 Å². The molecule has 2 fully saturated rings. The summed E-state index contributed by atoms with van der Waals surface area (Å²) in [4.78, 5) is 43.1. The average Bonchev–Trinajstić information content (AvgIpc) is 3.23. The zero-order valence-electron chi connectivity index (χ0n) is 14.1. The fourth-order valence-electron chi connectivity index (χ4n) is 4.11. The summed E-state index contributed by atoms with van der Waals surface area (Å²) in [5.74, 6) is -0.633. The third-order valence-corrected chi connectivity index (χ3v) is 5.39. The van der Waals surface area contributed by atoms with Crippen LogP contribution in [0, 0.1) is 0 Å². The molecule has 4 amide bonds. The average molecular weight is 342 g/mol. The monoisotopic (exact) mass is 342 g/mol. The number of carbonyl (C=O) groups is 3. The molecule has 132 valence electrons. The van der Waals surface area contributed by atoms with Gasteiger partial charge in [-0.05, 0) is 37.8 Å². The highest BCUT2D eigenvalue weighted by Gasteiger charge is 2.43. The van der Waals surface area contributed by atoms with E-state index in [9.17, 15) is 14.4 Å². The molecule has 1 aromatic carbocycles. The summed E-state index contributed by atoms with van der Waals surface area (Å²) < 4.78 is 0. The molecule has 7 nitrogen and oxygen atoms in total. The lowest BCUT2D eigenvalue weighted by atomic mass is 10.0. The number of hydrogen-bond acceptors (Lipinski definition) is 4. The molecule has 1 atom stereocenters. The van der Waals surface area contributed by atoms with E-state index in [0.29, 0.717) is 29.9 Å². The highest BCUT2D eigenvalue weighted by molar-refractivity contribution is 6.23. The molecule has 0 spiro atoms. The van der Waals surface area contributed by atoms with Crippen LogP contribution in [0.3, 0.4) is 0 Å². The Morgan fingerprint density at radius 2 is 1.72 bits per heavy atom. The van der Waals surface area contributed by atoms with E-state index in [1.165, 1.54) is 4.90 Å². The number of imide groups is 1. The van der Waals surface area contributed by atoms with Crippen LogP contribution in [0.25, 0.3) is 0 Å². The Hall–Kier alpha value is -2.57. The number of amides is 4. The molecular formula is C18H22N4O3. The number of benzene rings is 1. The number of fused-ring (bicyclic) bond motifs is 1. The molecule has 7 heteroatoms. The third-order valence-electron chi connectivity index (χ3n) is 5.39. The molecule has 0 aromatic heterocycles. The van der Waals surface area contributed by atoms with Crippen molar-refractivity contribution in [1.82, 2.24) is 14.7 Å². The van der Waals surface area contributed by atoms with Gasteiger partial charge >= 0.3 is 6.03 Å². The van der Waals surface area contributed by atoms with Gasteiger partial charge in [-0.1, -0.05) is 6.07 Å². The van der Waals surface area contributed by atoms with Crippen LogP contribution in [-0.2, 0) is 0 Å². The number of urea groups is 1. The normalized spacial score (nSPS) is 23.4. The molecule has 0 saturated carbocycles. The highest BCUT2D eigenvalue weighted by atomic mass is 16.2. The van der Waals surface area contributed by atoms with Crippen LogP contribution in [-0.4, -0.2) is 64.8 Å². The van der Waals surface area contributed by atoms with Gasteiger partial charge in [-0.2, -0.15) is 0 Å². The number of hydrogen-bond donors (Lipinski definition) is 1. The zero-order valence-corrected chi connectivity index (χ0v) is 14.1. The van der Waals surface area contributed by atoms with Gasteiger partial charge in [-0.25, -0.2) is 4.79 Å². The molecule has 0 bridgehead atoms. The lowest BCUT2D eigenvalue weighted by Gasteiger charge is -2.38. The molecule has 3 heterocycles. The lowest BCUT2D eigenvalue weighted by molar-refractivity contribution is 0.0491. The summed E-state index contributed by atoms with van der Waals surface area (Å²) >= 11 is 0. The van der Waals surface area contributed by atoms with Crippen molar-refractivity contribution >= 4 is 23.5 Å². The molecular weight excluding hydrogens is 320 g/mol. The van der Waals surface area contributed by atoms with Crippen molar-refractivity contribution in [2.75, 3.05) is 31.9 Å². The smallest absolute Gasteiger partial charge is 0.320 e. The lowest BCUT2D eigenvalue weighted by Crippen LogP contribution is -2.54. The minimum atomic E-state index is -0.335. The SMILES string of the molecule is Nc1cccc2c1C(=O)N([C@H]1CCCN(C(=O)N3CCCC3)C1)C2=O. The number of nitrogens with two attached hydrogens (primary N) is 1. The molecule has 3 aliphatic rings. The van der Waals surface area contributed by atoms with Crippen molar-refractivity contribution in [2.24, 2.45) is 0 Å². The Labute approximate surface area is 146 Å². The van der Waals surface area contributed by atoms with Crippen LogP contribution in [0.2, 0.25) is 0 Å². The second-order valence-corrected chi connectivity index (χ2v) is 6.97. The van der Waals surface area contributed by atoms with E-state index in [1.54, 1.807) is 23.1 Å². The number of rotatable bonds is 1. The number of nitrogen functional groups attached to an aromatic ring is 1. The van der Waals surface area contributed by atoms with Crippen LogP contribution in [0.5, 0.6) is 0 Å². The van der Waals surface area contributed by atoms with Gasteiger partial charge in [0.25, 0.3) is 11.8 Å². The van der Waals surface area contributed by atoms with E-state index < -0.39 is 0 Å². The standard InChI is InChI=1S/C18H22N4O3/c19-14-7-3-6-13-15(14)17(24)22(16(13)23)12-5-4-10-21(11-12)18(25)20-8-1-2-9-20/h3,6-7,12H,1-2,4-5,8-11,19H2/t12-/m0/s1. The van der Waals surface area contributed by atoms with Gasteiger partial charge in [-0.3, -0.25) is 14.5 Å². The van der Waals surface area contributed by atoms with E-state index in [2.05, 4.69) is 0 Å². The number of anilines is 1. The summed E-state index contributed by atoms with van der Waals surface area (Å²) in [5.41, 5.74) is 6.91. The predicted octanol–water partition coefficient (Wildman–Crippen LogP) is 1.55. The second kappa shape index (κ2) is 6.06. The Balaban J connectivity index is 1.54. The van der Waals surface area contributed by atoms with E-state index in [4.69, 9.17) is 5.73 Å². The van der Waals surface area contributed by atoms with Gasteiger partial charge in [0.05, 0.1) is 17.2 Å². The van der Waals surface area contributed by atoms with Crippen molar-refractivity contribution in [3.05, 3.63) is 29.3 Å². The second-order valence-electron chi connectivity index (χ2n) is 6.97. The molecule has 2 saturated heterocycles. The fraction of sp³-hybridized carbons (Fsp3) is 0.500. The number of nitrogens with zero attached hydrogens (tertiary/aromatic N) is 3. The zero-order chi connectivity index (χ0) is 17.6. The van der Waals surface area contributed by atoms with Gasteiger partial charge in [-0.15, -0.1) is 0 Å². The molecule has 1 aromatic rings. The third kappa shape index (κ3) is 2.54. The molecule has 3 aliphatic heterocycles. The first-order valence-electron chi connectivity index (χ1n) is 8.88. The minimum Gasteiger partial charge on any atom is -0.398 e. The Morgan fingerprint density at radius 1 is 1.00 bits per heavy atom. The minimum absolute atomic E-state index is 0.0262. The maximum absolute atomic E-state index is 12.8. The first-order valence-corrected chi connectivity index (χ1v) is 8.88. The van der Waals surface area contributed by atoms with Gasteiger partial charge < -0.3 is 15.5 Å². The summed E-state index contributed by atoms with van der Waals surface area (Å²) in [5, 5.41) is 0. The Bertz CT molecular complexity index is 742. The van der Waals surface area contributed by atoms with Crippen molar-refractivity contribution in [1.29, 1.82) is 0 Å². The Morgan fingerprint density at radius 3 is 2.44 bits per heavy atom. The van der Waals surface area contributed by atoms with Crippen LogP contribution >= 0.6 is 0 Å². The van der Waals surface area contributed by atoms with Crippen molar-refractivity contribution in [3.8, 4) is 0 Å². The molecule has 0 unspecified atom stereocenters. The summed E-state index contributed by atoms with van der Waals surface area (Å²) in [7, 11) is 0. The number of piperidine rings is 1. The van der Waals surface area contributed by atoms with E-state index in [0.717, 1.165) is 38.8 Å². The summed E-state index contributed by atoms with van der Waals surface area (Å²) in [6.07, 6.45) is 3.59. The van der Waals surface area contributed by atoms with E-state index >= 15 is 0 Å². The van der Waals surface area contributed by atoms with Gasteiger partial charge in [0.2, 0.25) is 0 Å². The van der Waals surface area contributed by atoms with Crippen LogP contribution < -0.4 is 5.73 Å². The largest absolute Gasteiger partial charge is 0.398 e. The first-order chi connectivity index (χ1) is 12.1. The molecule has 0 aliphatic carbocycles. The molecule has 25 heavy (non-hydrogen) atoms. The highest BCUT2D eigenvalue weighted by Crippen LogP contribution is 2.31.